The van der Waals surface area contributed by atoms with Gasteiger partial charge in [0.15, 0.2) is 0 Å². The number of hydrogen-bond acceptors (Lipinski definition) is 5. The maximum Gasteiger partial charge on any atom is 0.147 e. The maximum atomic E-state index is 5.51. The maximum absolute atomic E-state index is 5.51. The fourth-order valence-electron chi connectivity index (χ4n) is 2.37. The van der Waals surface area contributed by atoms with Crippen LogP contribution in [0.15, 0.2) is 12.4 Å². The summed E-state index contributed by atoms with van der Waals surface area (Å²) in [6.45, 7) is 4.90. The molecular weight excluding hydrogens is 214 g/mol. The second kappa shape index (κ2) is 4.58. The highest BCUT2D eigenvalue weighted by molar-refractivity contribution is 5.36. The zero-order valence-corrected chi connectivity index (χ0v) is 10.0. The highest BCUT2D eigenvalue weighted by Gasteiger charge is 2.31. The van der Waals surface area contributed by atoms with Gasteiger partial charge in [-0.15, -0.1) is 0 Å². The van der Waals surface area contributed by atoms with Crippen molar-refractivity contribution in [2.24, 2.45) is 5.73 Å². The lowest BCUT2D eigenvalue weighted by molar-refractivity contribution is 0.247. The molecule has 5 nitrogen and oxygen atoms in total. The molecule has 1 aromatic rings. The summed E-state index contributed by atoms with van der Waals surface area (Å²) in [6, 6.07) is 0.878. The predicted octanol–water partition coefficient (Wildman–Crippen LogP) is 0.220. The Bertz CT molecular complexity index is 365. The van der Waals surface area contributed by atoms with Crippen molar-refractivity contribution in [2.75, 3.05) is 31.1 Å². The van der Waals surface area contributed by atoms with Crippen molar-refractivity contribution in [1.82, 2.24) is 14.9 Å². The summed E-state index contributed by atoms with van der Waals surface area (Å²) < 4.78 is 0. The average molecular weight is 233 g/mol. The Morgan fingerprint density at radius 2 is 1.88 bits per heavy atom. The van der Waals surface area contributed by atoms with Crippen LogP contribution in [0.5, 0.6) is 0 Å². The lowest BCUT2D eigenvalue weighted by Crippen LogP contribution is -2.47. The first kappa shape index (κ1) is 10.9. The van der Waals surface area contributed by atoms with Gasteiger partial charge in [0.1, 0.15) is 5.82 Å². The van der Waals surface area contributed by atoms with Gasteiger partial charge in [-0.1, -0.05) is 0 Å². The molecule has 2 aliphatic rings. The smallest absolute Gasteiger partial charge is 0.147 e. The highest BCUT2D eigenvalue weighted by Crippen LogP contribution is 2.28. The van der Waals surface area contributed by atoms with Crippen molar-refractivity contribution in [3.8, 4) is 0 Å². The minimum absolute atomic E-state index is 0.461. The zero-order chi connectivity index (χ0) is 11.7. The molecule has 0 radical (unpaired) electrons. The molecule has 0 spiro atoms. The first-order valence-electron chi connectivity index (χ1n) is 6.37. The number of aromatic nitrogens is 2. The molecular formula is C12H19N5. The number of nitrogens with zero attached hydrogens (tertiary/aromatic N) is 4. The van der Waals surface area contributed by atoms with Gasteiger partial charge in [0.25, 0.3) is 0 Å². The van der Waals surface area contributed by atoms with Crippen LogP contribution in [0, 0.1) is 0 Å². The van der Waals surface area contributed by atoms with Gasteiger partial charge in [0, 0.05) is 38.8 Å². The van der Waals surface area contributed by atoms with Crippen molar-refractivity contribution in [3.63, 3.8) is 0 Å². The molecule has 1 aliphatic heterocycles. The number of nitrogens with two attached hydrogens (primary N) is 1. The van der Waals surface area contributed by atoms with E-state index in [1.54, 1.807) is 6.20 Å². The second-order valence-corrected chi connectivity index (χ2v) is 4.82. The minimum atomic E-state index is 0.461. The number of hydrogen-bond donors (Lipinski definition) is 1. The van der Waals surface area contributed by atoms with Crippen LogP contribution >= 0.6 is 0 Å². The molecule has 0 unspecified atom stereocenters. The Hall–Kier alpha value is -1.20. The summed E-state index contributed by atoms with van der Waals surface area (Å²) in [4.78, 5) is 13.6. The number of piperazine rings is 1. The van der Waals surface area contributed by atoms with E-state index in [-0.39, 0.29) is 0 Å². The largest absolute Gasteiger partial charge is 0.353 e. The Balaban J connectivity index is 1.60. The molecule has 1 saturated carbocycles. The fraction of sp³-hybridized carbons (Fsp3) is 0.667. The van der Waals surface area contributed by atoms with E-state index in [0.717, 1.165) is 43.7 Å². The van der Waals surface area contributed by atoms with Crippen LogP contribution in [-0.2, 0) is 6.54 Å². The van der Waals surface area contributed by atoms with Gasteiger partial charge in [-0.3, -0.25) is 9.88 Å². The van der Waals surface area contributed by atoms with Crippen LogP contribution in [0.2, 0.25) is 0 Å². The van der Waals surface area contributed by atoms with E-state index in [9.17, 15) is 0 Å². The lowest BCUT2D eigenvalue weighted by Gasteiger charge is -2.35. The zero-order valence-electron chi connectivity index (χ0n) is 10.0. The molecule has 2 heterocycles. The molecule has 0 aromatic carbocycles. The topological polar surface area (TPSA) is 58.3 Å². The van der Waals surface area contributed by atoms with Gasteiger partial charge >= 0.3 is 0 Å². The van der Waals surface area contributed by atoms with E-state index in [4.69, 9.17) is 5.73 Å². The van der Waals surface area contributed by atoms with Crippen LogP contribution < -0.4 is 10.6 Å². The Morgan fingerprint density at radius 3 is 2.41 bits per heavy atom. The van der Waals surface area contributed by atoms with Crippen LogP contribution in [0.25, 0.3) is 0 Å². The fourth-order valence-corrected chi connectivity index (χ4v) is 2.37. The van der Waals surface area contributed by atoms with Crippen LogP contribution in [0.1, 0.15) is 18.5 Å². The molecule has 1 aromatic heterocycles. The molecule has 0 bridgehead atoms. The SMILES string of the molecule is NCc1cnc(N2CCN(C3CC3)CC2)cn1. The monoisotopic (exact) mass is 233 g/mol. The number of rotatable bonds is 3. The van der Waals surface area contributed by atoms with Crippen molar-refractivity contribution in [3.05, 3.63) is 18.1 Å². The van der Waals surface area contributed by atoms with Gasteiger partial charge in [0.05, 0.1) is 18.1 Å². The van der Waals surface area contributed by atoms with Gasteiger partial charge in [-0.2, -0.15) is 0 Å². The van der Waals surface area contributed by atoms with E-state index in [1.165, 1.54) is 12.8 Å². The Labute approximate surface area is 102 Å². The summed E-state index contributed by atoms with van der Waals surface area (Å²) in [7, 11) is 0. The standard InChI is InChI=1S/C12H19N5/c13-7-10-8-15-12(9-14-10)17-5-3-16(4-6-17)11-1-2-11/h8-9,11H,1-7,13H2. The molecule has 3 rings (SSSR count). The first-order valence-corrected chi connectivity index (χ1v) is 6.37. The normalized spacial score (nSPS) is 21.8. The van der Waals surface area contributed by atoms with Gasteiger partial charge in [-0.25, -0.2) is 4.98 Å². The molecule has 92 valence electrons. The van der Waals surface area contributed by atoms with Gasteiger partial charge < -0.3 is 10.6 Å². The van der Waals surface area contributed by atoms with Crippen molar-refractivity contribution in [1.29, 1.82) is 0 Å². The quantitative estimate of drug-likeness (QED) is 0.809. The summed E-state index contributed by atoms with van der Waals surface area (Å²) in [5.74, 6) is 0.984. The first-order chi connectivity index (χ1) is 8.36. The lowest BCUT2D eigenvalue weighted by atomic mass is 10.3. The van der Waals surface area contributed by atoms with Crippen LogP contribution in [0.3, 0.4) is 0 Å². The van der Waals surface area contributed by atoms with E-state index >= 15 is 0 Å². The molecule has 0 atom stereocenters. The Kier molecular flexibility index (Phi) is 2.94. The van der Waals surface area contributed by atoms with Gasteiger partial charge in [-0.05, 0) is 12.8 Å². The summed E-state index contributed by atoms with van der Waals surface area (Å²) >= 11 is 0. The van der Waals surface area contributed by atoms with Crippen LogP contribution in [-0.4, -0.2) is 47.1 Å². The van der Waals surface area contributed by atoms with Crippen molar-refractivity contribution in [2.45, 2.75) is 25.4 Å². The number of anilines is 1. The highest BCUT2D eigenvalue weighted by atomic mass is 15.3. The molecule has 2 fully saturated rings. The molecule has 1 saturated heterocycles. The van der Waals surface area contributed by atoms with E-state index in [0.29, 0.717) is 6.54 Å². The second-order valence-electron chi connectivity index (χ2n) is 4.82. The third-order valence-corrected chi connectivity index (χ3v) is 3.60. The molecule has 17 heavy (non-hydrogen) atoms. The molecule has 1 aliphatic carbocycles. The third kappa shape index (κ3) is 2.40. The van der Waals surface area contributed by atoms with Crippen molar-refractivity contribution < 1.29 is 0 Å². The molecule has 2 N–H and O–H groups in total. The van der Waals surface area contributed by atoms with Gasteiger partial charge in [0.2, 0.25) is 0 Å². The molecule has 0 amide bonds. The Morgan fingerprint density at radius 1 is 1.12 bits per heavy atom. The summed E-state index contributed by atoms with van der Waals surface area (Å²) in [5, 5.41) is 0. The average Bonchev–Trinajstić information content (AvgIpc) is 3.24. The van der Waals surface area contributed by atoms with Crippen molar-refractivity contribution >= 4 is 5.82 Å². The minimum Gasteiger partial charge on any atom is -0.353 e. The van der Waals surface area contributed by atoms with E-state index in [1.807, 2.05) is 6.20 Å². The summed E-state index contributed by atoms with van der Waals surface area (Å²) in [5.41, 5.74) is 6.37. The molecule has 5 heteroatoms. The van der Waals surface area contributed by atoms with E-state index < -0.39 is 0 Å². The third-order valence-electron chi connectivity index (χ3n) is 3.60. The van der Waals surface area contributed by atoms with E-state index in [2.05, 4.69) is 19.8 Å². The summed E-state index contributed by atoms with van der Waals surface area (Å²) in [6.07, 6.45) is 6.41. The predicted molar refractivity (Wildman–Crippen MR) is 66.7 cm³/mol. The van der Waals surface area contributed by atoms with Crippen LogP contribution in [0.4, 0.5) is 5.82 Å².